The number of pyridine rings is 1. The zero-order valence-electron chi connectivity index (χ0n) is 10.0. The van der Waals surface area contributed by atoms with Crippen LogP contribution in [0.4, 0.5) is 4.39 Å². The number of carboxylic acid groups (broad SMARTS) is 1. The molecule has 0 bridgehead atoms. The first-order valence-electron chi connectivity index (χ1n) is 5.35. The third-order valence-corrected chi connectivity index (χ3v) is 2.69. The van der Waals surface area contributed by atoms with Crippen LogP contribution < -0.4 is 0 Å². The number of hydrogen-bond acceptors (Lipinski definition) is 3. The lowest BCUT2D eigenvalue weighted by atomic mass is 10.2. The van der Waals surface area contributed by atoms with Crippen molar-refractivity contribution in [3.8, 4) is 0 Å². The molecule has 0 spiro atoms. The van der Waals surface area contributed by atoms with Gasteiger partial charge in [-0.2, -0.15) is 5.10 Å². The number of carbonyl (C=O) groups is 1. The molecule has 0 aliphatic heterocycles. The van der Waals surface area contributed by atoms with Gasteiger partial charge in [-0.1, -0.05) is 0 Å². The number of aromatic carboxylic acids is 1. The van der Waals surface area contributed by atoms with E-state index in [1.54, 1.807) is 13.8 Å². The number of nitrogens with zero attached hydrogens (tertiary/aromatic N) is 3. The summed E-state index contributed by atoms with van der Waals surface area (Å²) >= 11 is 0. The maximum Gasteiger partial charge on any atom is 0.339 e. The van der Waals surface area contributed by atoms with E-state index in [0.717, 1.165) is 6.20 Å². The molecule has 0 amide bonds. The second kappa shape index (κ2) is 4.56. The van der Waals surface area contributed by atoms with Crippen molar-refractivity contribution in [3.63, 3.8) is 0 Å². The maximum atomic E-state index is 13.0. The molecule has 0 saturated heterocycles. The van der Waals surface area contributed by atoms with E-state index in [1.807, 2.05) is 0 Å². The Morgan fingerprint density at radius 2 is 2.17 bits per heavy atom. The van der Waals surface area contributed by atoms with Crippen LogP contribution in [0.15, 0.2) is 18.5 Å². The van der Waals surface area contributed by atoms with Crippen molar-refractivity contribution in [3.05, 3.63) is 46.8 Å². The van der Waals surface area contributed by atoms with Crippen molar-refractivity contribution in [1.82, 2.24) is 14.8 Å². The normalized spacial score (nSPS) is 10.6. The van der Waals surface area contributed by atoms with E-state index in [0.29, 0.717) is 23.5 Å². The molecule has 2 rings (SSSR count). The topological polar surface area (TPSA) is 68.0 Å². The number of carboxylic acids is 1. The quantitative estimate of drug-likeness (QED) is 0.900. The van der Waals surface area contributed by atoms with Crippen LogP contribution in [0.2, 0.25) is 0 Å². The molecule has 2 aromatic rings. The van der Waals surface area contributed by atoms with Gasteiger partial charge in [0.05, 0.1) is 24.1 Å². The van der Waals surface area contributed by atoms with Gasteiger partial charge in [0.15, 0.2) is 0 Å². The molecule has 0 radical (unpaired) electrons. The molecule has 6 heteroatoms. The smallest absolute Gasteiger partial charge is 0.339 e. The first kappa shape index (κ1) is 12.2. The summed E-state index contributed by atoms with van der Waals surface area (Å²) in [6.45, 7) is 3.61. The van der Waals surface area contributed by atoms with E-state index in [2.05, 4.69) is 10.1 Å². The van der Waals surface area contributed by atoms with Gasteiger partial charge >= 0.3 is 5.97 Å². The van der Waals surface area contributed by atoms with Crippen molar-refractivity contribution >= 4 is 5.97 Å². The lowest BCUT2D eigenvalue weighted by Gasteiger charge is -2.04. The van der Waals surface area contributed by atoms with Crippen LogP contribution in [0.3, 0.4) is 0 Å². The van der Waals surface area contributed by atoms with E-state index in [1.165, 1.54) is 16.9 Å². The molecule has 0 saturated carbocycles. The average Bonchev–Trinajstić information content (AvgIpc) is 2.54. The number of rotatable bonds is 3. The molecule has 5 nitrogen and oxygen atoms in total. The van der Waals surface area contributed by atoms with Crippen LogP contribution in [-0.2, 0) is 6.54 Å². The Labute approximate surface area is 103 Å². The van der Waals surface area contributed by atoms with Crippen molar-refractivity contribution in [2.75, 3.05) is 0 Å². The van der Waals surface area contributed by atoms with Gasteiger partial charge < -0.3 is 5.11 Å². The summed E-state index contributed by atoms with van der Waals surface area (Å²) < 4.78 is 14.5. The van der Waals surface area contributed by atoms with E-state index in [9.17, 15) is 9.18 Å². The minimum Gasteiger partial charge on any atom is -0.478 e. The Hall–Kier alpha value is -2.24. The number of halogens is 1. The van der Waals surface area contributed by atoms with Gasteiger partial charge in [0.2, 0.25) is 0 Å². The molecular weight excluding hydrogens is 237 g/mol. The Morgan fingerprint density at radius 3 is 2.72 bits per heavy atom. The molecule has 2 heterocycles. The highest BCUT2D eigenvalue weighted by Gasteiger charge is 2.17. The summed E-state index contributed by atoms with van der Waals surface area (Å²) in [5.41, 5.74) is 1.82. The predicted molar refractivity (Wildman–Crippen MR) is 62.0 cm³/mol. The highest BCUT2D eigenvalue weighted by atomic mass is 19.1. The third kappa shape index (κ3) is 2.22. The fourth-order valence-corrected chi connectivity index (χ4v) is 1.88. The van der Waals surface area contributed by atoms with E-state index in [4.69, 9.17) is 5.11 Å². The lowest BCUT2D eigenvalue weighted by Crippen LogP contribution is -2.06. The minimum absolute atomic E-state index is 0.194. The van der Waals surface area contributed by atoms with E-state index >= 15 is 0 Å². The summed E-state index contributed by atoms with van der Waals surface area (Å²) in [7, 11) is 0. The van der Waals surface area contributed by atoms with Gasteiger partial charge in [-0.15, -0.1) is 0 Å². The summed E-state index contributed by atoms with van der Waals surface area (Å²) in [5, 5.41) is 13.2. The fraction of sp³-hybridized carbons (Fsp3) is 0.250. The van der Waals surface area contributed by atoms with Crippen LogP contribution in [0.1, 0.15) is 27.3 Å². The maximum absolute atomic E-state index is 13.0. The average molecular weight is 249 g/mol. The van der Waals surface area contributed by atoms with Crippen LogP contribution >= 0.6 is 0 Å². The molecule has 0 atom stereocenters. The van der Waals surface area contributed by atoms with Crippen LogP contribution in [-0.4, -0.2) is 25.8 Å². The van der Waals surface area contributed by atoms with Gasteiger partial charge in [0.1, 0.15) is 11.4 Å². The Bertz CT molecular complexity index is 607. The molecule has 0 aliphatic carbocycles. The zero-order chi connectivity index (χ0) is 13.3. The first-order chi connectivity index (χ1) is 8.49. The molecule has 0 fully saturated rings. The molecule has 18 heavy (non-hydrogen) atoms. The van der Waals surface area contributed by atoms with Gasteiger partial charge in [-0.25, -0.2) is 9.18 Å². The molecule has 0 aliphatic rings. The summed E-state index contributed by atoms with van der Waals surface area (Å²) in [6, 6.07) is 1.35. The second-order valence-corrected chi connectivity index (χ2v) is 4.02. The van der Waals surface area contributed by atoms with Gasteiger partial charge in [-0.05, 0) is 25.5 Å². The second-order valence-electron chi connectivity index (χ2n) is 4.02. The monoisotopic (exact) mass is 249 g/mol. The summed E-state index contributed by atoms with van der Waals surface area (Å²) in [6.07, 6.45) is 2.65. The zero-order valence-corrected chi connectivity index (χ0v) is 10.0. The molecular formula is C12H12FN3O2. The van der Waals surface area contributed by atoms with Gasteiger partial charge in [0, 0.05) is 6.20 Å². The predicted octanol–water partition coefficient (Wildman–Crippen LogP) is 1.78. The summed E-state index contributed by atoms with van der Waals surface area (Å²) in [4.78, 5) is 14.8. The molecule has 1 N–H and O–H groups in total. The fourth-order valence-electron chi connectivity index (χ4n) is 1.88. The molecule has 0 aromatic carbocycles. The van der Waals surface area contributed by atoms with Crippen molar-refractivity contribution in [2.45, 2.75) is 20.4 Å². The molecule has 94 valence electrons. The van der Waals surface area contributed by atoms with E-state index < -0.39 is 11.8 Å². The highest BCUT2D eigenvalue weighted by Crippen LogP contribution is 2.14. The van der Waals surface area contributed by atoms with Gasteiger partial charge in [-0.3, -0.25) is 9.67 Å². The molecule has 0 unspecified atom stereocenters. The minimum atomic E-state index is -1.01. The largest absolute Gasteiger partial charge is 0.478 e. The Morgan fingerprint density at radius 1 is 1.44 bits per heavy atom. The SMILES string of the molecule is Cc1nn(Cc2cncc(F)c2)c(C)c1C(=O)O. The van der Waals surface area contributed by atoms with Crippen LogP contribution in [0.5, 0.6) is 0 Å². The third-order valence-electron chi connectivity index (χ3n) is 2.69. The molecule has 2 aromatic heterocycles. The van der Waals surface area contributed by atoms with E-state index in [-0.39, 0.29) is 5.56 Å². The van der Waals surface area contributed by atoms with Crippen molar-refractivity contribution < 1.29 is 14.3 Å². The number of aryl methyl sites for hydroxylation is 1. The van der Waals surface area contributed by atoms with Gasteiger partial charge in [0.25, 0.3) is 0 Å². The number of aromatic nitrogens is 3. The van der Waals surface area contributed by atoms with Crippen molar-refractivity contribution in [2.24, 2.45) is 0 Å². The Balaban J connectivity index is 2.36. The standard InChI is InChI=1S/C12H12FN3O2/c1-7-11(12(17)18)8(2)16(15-7)6-9-3-10(13)5-14-4-9/h3-5H,6H2,1-2H3,(H,17,18). The first-order valence-corrected chi connectivity index (χ1v) is 5.35. The lowest BCUT2D eigenvalue weighted by molar-refractivity contribution is 0.0695. The Kier molecular flexibility index (Phi) is 3.10. The van der Waals surface area contributed by atoms with Crippen LogP contribution in [0.25, 0.3) is 0 Å². The highest BCUT2D eigenvalue weighted by molar-refractivity contribution is 5.90. The number of hydrogen-bond donors (Lipinski definition) is 1. The van der Waals surface area contributed by atoms with Crippen LogP contribution in [0, 0.1) is 19.7 Å². The summed E-state index contributed by atoms with van der Waals surface area (Å²) in [5.74, 6) is -1.43. The van der Waals surface area contributed by atoms with Crippen molar-refractivity contribution in [1.29, 1.82) is 0 Å².